The molecule has 0 amide bonds. The summed E-state index contributed by atoms with van der Waals surface area (Å²) >= 11 is 0. The molecule has 0 spiro atoms. The molecule has 1 aromatic rings. The predicted octanol–water partition coefficient (Wildman–Crippen LogP) is 1.68. The van der Waals surface area contributed by atoms with Gasteiger partial charge < -0.3 is 0 Å². The highest BCUT2D eigenvalue weighted by atomic mass is 32.2. The van der Waals surface area contributed by atoms with Crippen LogP contribution >= 0.6 is 0 Å². The average Bonchev–Trinajstić information content (AvgIpc) is 2.76. The van der Waals surface area contributed by atoms with Crippen LogP contribution in [0.5, 0.6) is 0 Å². The van der Waals surface area contributed by atoms with Crippen LogP contribution in [0.25, 0.3) is 0 Å². The van der Waals surface area contributed by atoms with E-state index in [1.807, 2.05) is 0 Å². The van der Waals surface area contributed by atoms with Crippen molar-refractivity contribution in [3.8, 4) is 0 Å². The maximum absolute atomic E-state index is 12.9. The third kappa shape index (κ3) is 2.60. The largest absolute Gasteiger partial charge is 0.299 e. The van der Waals surface area contributed by atoms with Crippen molar-refractivity contribution in [1.29, 1.82) is 0 Å². The lowest BCUT2D eigenvalue weighted by Gasteiger charge is -2.25. The summed E-state index contributed by atoms with van der Waals surface area (Å²) in [7, 11) is -3.50. The van der Waals surface area contributed by atoms with Crippen LogP contribution in [0, 0.1) is 5.82 Å². The van der Waals surface area contributed by atoms with Gasteiger partial charge in [-0.05, 0) is 56.6 Å². The van der Waals surface area contributed by atoms with Crippen LogP contribution in [0.2, 0.25) is 0 Å². The van der Waals surface area contributed by atoms with Crippen LogP contribution in [0.15, 0.2) is 29.2 Å². The smallest absolute Gasteiger partial charge is 0.243 e. The van der Waals surface area contributed by atoms with Crippen LogP contribution in [0.3, 0.4) is 0 Å². The second-order valence-corrected chi connectivity index (χ2v) is 7.44. The molecule has 2 aliphatic rings. The molecule has 4 nitrogen and oxygen atoms in total. The lowest BCUT2D eigenvalue weighted by Crippen LogP contribution is -2.39. The second-order valence-electron chi connectivity index (χ2n) is 5.50. The van der Waals surface area contributed by atoms with Crippen molar-refractivity contribution in [3.05, 3.63) is 30.1 Å². The zero-order valence-corrected chi connectivity index (χ0v) is 12.2. The van der Waals surface area contributed by atoms with E-state index in [0.29, 0.717) is 19.1 Å². The van der Waals surface area contributed by atoms with Crippen molar-refractivity contribution in [1.82, 2.24) is 9.21 Å². The van der Waals surface area contributed by atoms with Crippen LogP contribution in [0.4, 0.5) is 4.39 Å². The third-order valence-electron chi connectivity index (χ3n) is 4.22. The van der Waals surface area contributed by atoms with Gasteiger partial charge >= 0.3 is 0 Å². The fourth-order valence-electron chi connectivity index (χ4n) is 3.15. The Balaban J connectivity index is 1.84. The fourth-order valence-corrected chi connectivity index (χ4v) is 4.66. The van der Waals surface area contributed by atoms with Crippen molar-refractivity contribution in [2.75, 3.05) is 26.2 Å². The lowest BCUT2D eigenvalue weighted by atomic mass is 10.2. The normalized spacial score (nSPS) is 25.4. The van der Waals surface area contributed by atoms with Gasteiger partial charge in [0, 0.05) is 19.1 Å². The van der Waals surface area contributed by atoms with Gasteiger partial charge in [0.05, 0.1) is 4.90 Å². The van der Waals surface area contributed by atoms with E-state index < -0.39 is 15.8 Å². The highest BCUT2D eigenvalue weighted by molar-refractivity contribution is 7.89. The Morgan fingerprint density at radius 3 is 2.50 bits per heavy atom. The Hall–Kier alpha value is -0.980. The molecule has 2 aliphatic heterocycles. The van der Waals surface area contributed by atoms with Gasteiger partial charge in [0.25, 0.3) is 0 Å². The summed E-state index contributed by atoms with van der Waals surface area (Å²) in [6, 6.07) is 5.44. The number of hydrogen-bond donors (Lipinski definition) is 0. The van der Waals surface area contributed by atoms with Crippen LogP contribution in [-0.4, -0.2) is 49.8 Å². The zero-order valence-electron chi connectivity index (χ0n) is 11.3. The van der Waals surface area contributed by atoms with Crippen LogP contribution in [-0.2, 0) is 10.0 Å². The van der Waals surface area contributed by atoms with Gasteiger partial charge in [0.2, 0.25) is 10.0 Å². The molecule has 2 fully saturated rings. The highest BCUT2D eigenvalue weighted by Crippen LogP contribution is 2.25. The van der Waals surface area contributed by atoms with Crippen molar-refractivity contribution in [2.24, 2.45) is 0 Å². The number of rotatable bonds is 2. The maximum atomic E-state index is 12.9. The minimum Gasteiger partial charge on any atom is -0.299 e. The highest BCUT2D eigenvalue weighted by Gasteiger charge is 2.34. The van der Waals surface area contributed by atoms with E-state index in [4.69, 9.17) is 0 Å². The Morgan fingerprint density at radius 2 is 1.75 bits per heavy atom. The van der Waals surface area contributed by atoms with Gasteiger partial charge in [-0.2, -0.15) is 4.31 Å². The number of fused-ring (bicyclic) bond motifs is 1. The first-order valence-corrected chi connectivity index (χ1v) is 8.51. The van der Waals surface area contributed by atoms with E-state index in [2.05, 4.69) is 4.90 Å². The average molecular weight is 298 g/mol. The summed E-state index contributed by atoms with van der Waals surface area (Å²) in [6.45, 7) is 3.15. The van der Waals surface area contributed by atoms with Gasteiger partial charge in [0.1, 0.15) is 5.82 Å². The molecular weight excluding hydrogens is 279 g/mol. The standard InChI is InChI=1S/C14H19FN2O2S/c15-12-4-6-14(7-5-12)20(18,19)17-10-2-9-16-8-1-3-13(16)11-17/h4-7,13H,1-3,8-11H2. The topological polar surface area (TPSA) is 40.6 Å². The quantitative estimate of drug-likeness (QED) is 0.834. The molecule has 0 N–H and O–H groups in total. The lowest BCUT2D eigenvalue weighted by molar-refractivity contribution is 0.257. The Kier molecular flexibility index (Phi) is 3.79. The predicted molar refractivity (Wildman–Crippen MR) is 74.4 cm³/mol. The number of hydrogen-bond acceptors (Lipinski definition) is 3. The van der Waals surface area contributed by atoms with Gasteiger partial charge in [-0.25, -0.2) is 12.8 Å². The number of benzene rings is 1. The van der Waals surface area contributed by atoms with E-state index in [1.165, 1.54) is 24.3 Å². The molecule has 1 atom stereocenters. The van der Waals surface area contributed by atoms with E-state index in [1.54, 1.807) is 4.31 Å². The first-order valence-electron chi connectivity index (χ1n) is 7.07. The maximum Gasteiger partial charge on any atom is 0.243 e. The minimum absolute atomic E-state index is 0.186. The van der Waals surface area contributed by atoms with Crippen molar-refractivity contribution < 1.29 is 12.8 Å². The third-order valence-corrected chi connectivity index (χ3v) is 6.10. The first-order chi connectivity index (χ1) is 9.57. The van der Waals surface area contributed by atoms with Crippen LogP contribution < -0.4 is 0 Å². The second kappa shape index (κ2) is 5.42. The number of sulfonamides is 1. The van der Waals surface area contributed by atoms with E-state index >= 15 is 0 Å². The molecule has 2 saturated heterocycles. The molecule has 6 heteroatoms. The van der Waals surface area contributed by atoms with E-state index in [-0.39, 0.29) is 4.90 Å². The fraction of sp³-hybridized carbons (Fsp3) is 0.571. The number of nitrogens with zero attached hydrogens (tertiary/aromatic N) is 2. The summed E-state index contributed by atoms with van der Waals surface area (Å²) in [6.07, 6.45) is 3.07. The Morgan fingerprint density at radius 1 is 1.05 bits per heavy atom. The molecule has 0 bridgehead atoms. The SMILES string of the molecule is O=S(=O)(c1ccc(F)cc1)N1CCCN2CCCC2C1. The first kappa shape index (κ1) is 14.0. The summed E-state index contributed by atoms with van der Waals surface area (Å²) in [4.78, 5) is 2.57. The molecule has 1 aromatic carbocycles. The van der Waals surface area contributed by atoms with E-state index in [0.717, 1.165) is 32.4 Å². The Bertz CT molecular complexity index is 573. The minimum atomic E-state index is -3.50. The molecule has 0 saturated carbocycles. The van der Waals surface area contributed by atoms with Crippen LogP contribution in [0.1, 0.15) is 19.3 Å². The van der Waals surface area contributed by atoms with Gasteiger partial charge in [-0.1, -0.05) is 0 Å². The molecule has 20 heavy (non-hydrogen) atoms. The summed E-state index contributed by atoms with van der Waals surface area (Å²) in [5.74, 6) is -0.415. The summed E-state index contributed by atoms with van der Waals surface area (Å²) < 4.78 is 39.8. The summed E-state index contributed by atoms with van der Waals surface area (Å²) in [5, 5.41) is 0. The van der Waals surface area contributed by atoms with Gasteiger partial charge in [0.15, 0.2) is 0 Å². The van der Waals surface area contributed by atoms with E-state index in [9.17, 15) is 12.8 Å². The molecular formula is C14H19FN2O2S. The van der Waals surface area contributed by atoms with Crippen molar-refractivity contribution in [2.45, 2.75) is 30.2 Å². The van der Waals surface area contributed by atoms with Gasteiger partial charge in [-0.3, -0.25) is 4.90 Å². The monoisotopic (exact) mass is 298 g/mol. The zero-order chi connectivity index (χ0) is 14.2. The van der Waals surface area contributed by atoms with Gasteiger partial charge in [-0.15, -0.1) is 0 Å². The molecule has 0 radical (unpaired) electrons. The molecule has 2 heterocycles. The Labute approximate surface area is 119 Å². The van der Waals surface area contributed by atoms with Crippen molar-refractivity contribution >= 4 is 10.0 Å². The molecule has 110 valence electrons. The molecule has 1 unspecified atom stereocenters. The molecule has 3 rings (SSSR count). The molecule has 0 aromatic heterocycles. The van der Waals surface area contributed by atoms with Crippen molar-refractivity contribution in [3.63, 3.8) is 0 Å². The number of halogens is 1. The molecule has 0 aliphatic carbocycles. The summed E-state index contributed by atoms with van der Waals surface area (Å²) in [5.41, 5.74) is 0.